The monoisotopic (exact) mass is 183 g/mol. The lowest BCUT2D eigenvalue weighted by Crippen LogP contribution is -2.52. The maximum absolute atomic E-state index is 11.5. The van der Waals surface area contributed by atoms with Crippen LogP contribution in [0.25, 0.3) is 0 Å². The Morgan fingerprint density at radius 1 is 1.23 bits per heavy atom. The molecule has 3 heteroatoms. The van der Waals surface area contributed by atoms with E-state index in [1.807, 2.05) is 0 Å². The Bertz CT molecular complexity index is 207. The van der Waals surface area contributed by atoms with E-state index >= 15 is 0 Å². The molecule has 2 bridgehead atoms. The van der Waals surface area contributed by atoms with Gasteiger partial charge >= 0.3 is 5.97 Å². The minimum Gasteiger partial charge on any atom is -0.469 e. The van der Waals surface area contributed by atoms with Crippen molar-refractivity contribution >= 4 is 5.97 Å². The molecule has 3 aliphatic rings. The summed E-state index contributed by atoms with van der Waals surface area (Å²) in [4.78, 5) is 11.5. The summed E-state index contributed by atoms with van der Waals surface area (Å²) in [7, 11) is 1.46. The summed E-state index contributed by atoms with van der Waals surface area (Å²) in [5.74, 6) is 0.945. The average Bonchev–Trinajstić information content (AvgIpc) is 2.18. The Kier molecular flexibility index (Phi) is 2.28. The molecule has 0 spiro atoms. The van der Waals surface area contributed by atoms with Gasteiger partial charge in [0.25, 0.3) is 0 Å². The van der Waals surface area contributed by atoms with Crippen LogP contribution < -0.4 is 5.73 Å². The lowest BCUT2D eigenvalue weighted by molar-refractivity contribution is -0.152. The van der Waals surface area contributed by atoms with Crippen LogP contribution in [0.2, 0.25) is 0 Å². The maximum Gasteiger partial charge on any atom is 0.310 e. The van der Waals surface area contributed by atoms with Gasteiger partial charge in [0, 0.05) is 6.04 Å². The molecule has 3 nitrogen and oxygen atoms in total. The second-order valence-corrected chi connectivity index (χ2v) is 4.30. The fourth-order valence-corrected chi connectivity index (χ4v) is 2.98. The Morgan fingerprint density at radius 2 is 1.77 bits per heavy atom. The van der Waals surface area contributed by atoms with Crippen LogP contribution in [0.1, 0.15) is 25.7 Å². The first kappa shape index (κ1) is 9.00. The van der Waals surface area contributed by atoms with Crippen LogP contribution in [0.3, 0.4) is 0 Å². The van der Waals surface area contributed by atoms with Crippen molar-refractivity contribution in [2.24, 2.45) is 23.5 Å². The van der Waals surface area contributed by atoms with Crippen LogP contribution in [0.5, 0.6) is 0 Å². The normalized spacial score (nSPS) is 43.2. The van der Waals surface area contributed by atoms with Crippen molar-refractivity contribution in [1.29, 1.82) is 0 Å². The molecule has 0 amide bonds. The molecule has 2 N–H and O–H groups in total. The smallest absolute Gasteiger partial charge is 0.310 e. The Labute approximate surface area is 78.6 Å². The third-order valence-electron chi connectivity index (χ3n) is 3.76. The van der Waals surface area contributed by atoms with Gasteiger partial charge in [0.05, 0.1) is 13.0 Å². The van der Waals surface area contributed by atoms with Crippen molar-refractivity contribution in [2.75, 3.05) is 7.11 Å². The van der Waals surface area contributed by atoms with Gasteiger partial charge in [-0.05, 0) is 37.5 Å². The van der Waals surface area contributed by atoms with Crippen molar-refractivity contribution < 1.29 is 9.53 Å². The highest BCUT2D eigenvalue weighted by Crippen LogP contribution is 2.44. The second-order valence-electron chi connectivity index (χ2n) is 4.30. The zero-order chi connectivity index (χ0) is 9.42. The SMILES string of the molecule is COC(=O)C1C2CCC(CC2)C1N. The van der Waals surface area contributed by atoms with Gasteiger partial charge in [-0.15, -0.1) is 0 Å². The van der Waals surface area contributed by atoms with Gasteiger partial charge in [0.15, 0.2) is 0 Å². The van der Waals surface area contributed by atoms with E-state index in [0.717, 1.165) is 12.8 Å². The first-order chi connectivity index (χ1) is 6.24. The number of hydrogen-bond acceptors (Lipinski definition) is 3. The number of hydrogen-bond donors (Lipinski definition) is 1. The van der Waals surface area contributed by atoms with Gasteiger partial charge < -0.3 is 10.5 Å². The molecule has 0 aliphatic heterocycles. The molecule has 2 unspecified atom stereocenters. The van der Waals surface area contributed by atoms with Crippen LogP contribution in [0.4, 0.5) is 0 Å². The lowest BCUT2D eigenvalue weighted by atomic mass is 9.62. The molecule has 0 aromatic carbocycles. The number of carbonyl (C=O) groups excluding carboxylic acids is 1. The average molecular weight is 183 g/mol. The first-order valence-electron chi connectivity index (χ1n) is 5.07. The summed E-state index contributed by atoms with van der Waals surface area (Å²) in [6, 6.07) is 0.0555. The Balaban J connectivity index is 2.14. The van der Waals surface area contributed by atoms with Gasteiger partial charge in [0.2, 0.25) is 0 Å². The fraction of sp³-hybridized carbons (Fsp3) is 0.900. The summed E-state index contributed by atoms with van der Waals surface area (Å²) < 4.78 is 4.79. The lowest BCUT2D eigenvalue weighted by Gasteiger charge is -2.45. The molecule has 13 heavy (non-hydrogen) atoms. The largest absolute Gasteiger partial charge is 0.469 e. The molecular weight excluding hydrogens is 166 g/mol. The summed E-state index contributed by atoms with van der Waals surface area (Å²) in [6.45, 7) is 0. The summed E-state index contributed by atoms with van der Waals surface area (Å²) in [6.07, 6.45) is 4.74. The minimum atomic E-state index is -0.0955. The predicted octanol–water partition coefficient (Wildman–Crippen LogP) is 0.923. The summed E-state index contributed by atoms with van der Waals surface area (Å²) in [5, 5.41) is 0. The zero-order valence-electron chi connectivity index (χ0n) is 8.03. The number of esters is 1. The highest BCUT2D eigenvalue weighted by atomic mass is 16.5. The van der Waals surface area contributed by atoms with Gasteiger partial charge in [-0.2, -0.15) is 0 Å². The number of fused-ring (bicyclic) bond motifs is 3. The van der Waals surface area contributed by atoms with Crippen molar-refractivity contribution in [3.8, 4) is 0 Å². The molecule has 0 aromatic heterocycles. The van der Waals surface area contributed by atoms with Crippen LogP contribution in [0.15, 0.2) is 0 Å². The molecule has 74 valence electrons. The predicted molar refractivity (Wildman–Crippen MR) is 48.9 cm³/mol. The Morgan fingerprint density at radius 3 is 2.23 bits per heavy atom. The van der Waals surface area contributed by atoms with Crippen LogP contribution in [0, 0.1) is 17.8 Å². The molecule has 3 fully saturated rings. The molecular formula is C10H17NO2. The second kappa shape index (κ2) is 3.29. The molecule has 0 aromatic rings. The van der Waals surface area contributed by atoms with Gasteiger partial charge in [-0.1, -0.05) is 0 Å². The van der Waals surface area contributed by atoms with Crippen molar-refractivity contribution in [3.05, 3.63) is 0 Å². The molecule has 2 atom stereocenters. The number of rotatable bonds is 1. The van der Waals surface area contributed by atoms with Gasteiger partial charge in [-0.3, -0.25) is 4.79 Å². The number of methoxy groups -OCH3 is 1. The standard InChI is InChI=1S/C10H17NO2/c1-13-10(12)8-6-2-4-7(5-3-6)9(8)11/h6-9H,2-5,11H2,1H3. The maximum atomic E-state index is 11.5. The quantitative estimate of drug-likeness (QED) is 0.615. The number of ether oxygens (including phenoxy) is 1. The van der Waals surface area contributed by atoms with Crippen molar-refractivity contribution in [1.82, 2.24) is 0 Å². The van der Waals surface area contributed by atoms with E-state index in [2.05, 4.69) is 0 Å². The Hall–Kier alpha value is -0.570. The molecule has 3 saturated carbocycles. The molecule has 0 saturated heterocycles. The summed E-state index contributed by atoms with van der Waals surface area (Å²) in [5.41, 5.74) is 6.04. The van der Waals surface area contributed by atoms with E-state index < -0.39 is 0 Å². The van der Waals surface area contributed by atoms with Crippen LogP contribution in [-0.4, -0.2) is 19.1 Å². The first-order valence-corrected chi connectivity index (χ1v) is 5.07. The number of nitrogens with two attached hydrogens (primary N) is 1. The van der Waals surface area contributed by atoms with Gasteiger partial charge in [-0.25, -0.2) is 0 Å². The number of carbonyl (C=O) groups is 1. The van der Waals surface area contributed by atoms with E-state index in [0.29, 0.717) is 11.8 Å². The third kappa shape index (κ3) is 1.35. The zero-order valence-corrected chi connectivity index (χ0v) is 8.03. The van der Waals surface area contributed by atoms with E-state index in [1.54, 1.807) is 0 Å². The topological polar surface area (TPSA) is 52.3 Å². The van der Waals surface area contributed by atoms with Crippen molar-refractivity contribution in [3.63, 3.8) is 0 Å². The summed E-state index contributed by atoms with van der Waals surface area (Å²) >= 11 is 0. The molecule has 3 rings (SSSR count). The fourth-order valence-electron chi connectivity index (χ4n) is 2.98. The molecule has 3 aliphatic carbocycles. The molecule has 0 heterocycles. The van der Waals surface area contributed by atoms with E-state index in [-0.39, 0.29) is 17.9 Å². The van der Waals surface area contributed by atoms with Crippen molar-refractivity contribution in [2.45, 2.75) is 31.7 Å². The van der Waals surface area contributed by atoms with Gasteiger partial charge in [0.1, 0.15) is 0 Å². The van der Waals surface area contributed by atoms with E-state index in [9.17, 15) is 4.79 Å². The minimum absolute atomic E-state index is 0.0162. The van der Waals surface area contributed by atoms with Crippen LogP contribution in [-0.2, 0) is 9.53 Å². The van der Waals surface area contributed by atoms with E-state index in [1.165, 1.54) is 20.0 Å². The van der Waals surface area contributed by atoms with Crippen LogP contribution >= 0.6 is 0 Å². The van der Waals surface area contributed by atoms with E-state index in [4.69, 9.17) is 10.5 Å². The highest BCUT2D eigenvalue weighted by Gasteiger charge is 2.45. The molecule has 0 radical (unpaired) electrons. The third-order valence-corrected chi connectivity index (χ3v) is 3.76. The highest BCUT2D eigenvalue weighted by molar-refractivity contribution is 5.74.